The Morgan fingerprint density at radius 1 is 1.09 bits per heavy atom. The van der Waals surface area contributed by atoms with Gasteiger partial charge in [0.25, 0.3) is 11.1 Å². The van der Waals surface area contributed by atoms with Gasteiger partial charge in [0, 0.05) is 5.69 Å². The van der Waals surface area contributed by atoms with Gasteiger partial charge in [-0.1, -0.05) is 18.2 Å². The largest absolute Gasteiger partial charge is 0.290 e. The second-order valence-electron chi connectivity index (χ2n) is 4.88. The molecule has 0 aliphatic carbocycles. The van der Waals surface area contributed by atoms with E-state index in [1.165, 1.54) is 0 Å². The topological polar surface area (TPSA) is 76.9 Å². The van der Waals surface area contributed by atoms with Crippen LogP contribution in [0.4, 0.5) is 4.79 Å². The van der Waals surface area contributed by atoms with E-state index in [9.17, 15) is 9.59 Å². The van der Waals surface area contributed by atoms with Crippen LogP contribution in [0.5, 0.6) is 0 Å². The molecule has 0 unspecified atom stereocenters. The summed E-state index contributed by atoms with van der Waals surface area (Å²) < 4.78 is 1.88. The Kier molecular flexibility index (Phi) is 3.20. The fourth-order valence-corrected chi connectivity index (χ4v) is 2.99. The molecule has 1 N–H and O–H groups in total. The van der Waals surface area contributed by atoms with Crippen LogP contribution in [0.2, 0.25) is 0 Å². The van der Waals surface area contributed by atoms with Crippen molar-refractivity contribution >= 4 is 40.1 Å². The van der Waals surface area contributed by atoms with Crippen molar-refractivity contribution in [3.63, 3.8) is 0 Å². The van der Waals surface area contributed by atoms with Crippen molar-refractivity contribution in [2.24, 2.45) is 0 Å². The van der Waals surface area contributed by atoms with Gasteiger partial charge in [-0.15, -0.1) is 0 Å². The van der Waals surface area contributed by atoms with Crippen LogP contribution < -0.4 is 5.32 Å². The molecule has 0 spiro atoms. The van der Waals surface area contributed by atoms with Gasteiger partial charge >= 0.3 is 0 Å². The van der Waals surface area contributed by atoms with E-state index < -0.39 is 5.91 Å². The minimum Gasteiger partial charge on any atom is -0.283 e. The van der Waals surface area contributed by atoms with E-state index in [4.69, 9.17) is 0 Å². The number of rotatable bonds is 2. The highest BCUT2D eigenvalue weighted by Gasteiger charge is 2.25. The molecule has 1 aliphatic rings. The lowest BCUT2D eigenvalue weighted by Crippen LogP contribution is -2.17. The minimum atomic E-state index is -0.390. The van der Waals surface area contributed by atoms with Gasteiger partial charge < -0.3 is 0 Å². The number of hydrogen-bond donors (Lipinski definition) is 1. The Balaban J connectivity index is 1.80. The van der Waals surface area contributed by atoms with Gasteiger partial charge in [-0.25, -0.2) is 9.97 Å². The van der Waals surface area contributed by atoms with E-state index in [1.54, 1.807) is 18.5 Å². The fraction of sp³-hybridized carbons (Fsp3) is 0. The highest BCUT2D eigenvalue weighted by molar-refractivity contribution is 8.18. The summed E-state index contributed by atoms with van der Waals surface area (Å²) in [5, 5.41) is 1.86. The molecule has 1 aliphatic heterocycles. The summed E-state index contributed by atoms with van der Waals surface area (Å²) in [5.74, 6) is -0.390. The number of amides is 2. The van der Waals surface area contributed by atoms with Crippen LogP contribution in [0.1, 0.15) is 5.69 Å². The van der Waals surface area contributed by atoms with Crippen LogP contribution in [0.15, 0.2) is 53.7 Å². The first kappa shape index (κ1) is 13.7. The van der Waals surface area contributed by atoms with Crippen molar-refractivity contribution in [2.75, 3.05) is 0 Å². The molecule has 112 valence electrons. The third kappa shape index (κ3) is 2.51. The third-order valence-corrected chi connectivity index (χ3v) is 4.18. The fourth-order valence-electron chi connectivity index (χ4n) is 2.32. The van der Waals surface area contributed by atoms with Crippen molar-refractivity contribution in [3.8, 4) is 5.69 Å². The zero-order chi connectivity index (χ0) is 15.8. The Morgan fingerprint density at radius 2 is 1.91 bits per heavy atom. The highest BCUT2D eigenvalue weighted by Crippen LogP contribution is 2.25. The predicted molar refractivity (Wildman–Crippen MR) is 88.0 cm³/mol. The van der Waals surface area contributed by atoms with E-state index in [0.717, 1.165) is 23.0 Å². The average molecular weight is 322 g/mol. The van der Waals surface area contributed by atoms with Crippen molar-refractivity contribution in [3.05, 3.63) is 59.4 Å². The van der Waals surface area contributed by atoms with Gasteiger partial charge in [0.05, 0.1) is 10.6 Å². The van der Waals surface area contributed by atoms with Crippen LogP contribution in [-0.2, 0) is 4.79 Å². The molecule has 3 heterocycles. The first-order chi connectivity index (χ1) is 11.2. The van der Waals surface area contributed by atoms with Crippen molar-refractivity contribution < 1.29 is 9.59 Å². The quantitative estimate of drug-likeness (QED) is 0.734. The lowest BCUT2D eigenvalue weighted by atomic mass is 10.3. The second-order valence-corrected chi connectivity index (χ2v) is 5.90. The number of benzene rings is 1. The molecule has 0 atom stereocenters. The molecule has 0 bridgehead atoms. The van der Waals surface area contributed by atoms with Crippen LogP contribution in [-0.4, -0.2) is 25.7 Å². The number of nitrogens with one attached hydrogen (secondary N) is 1. The van der Waals surface area contributed by atoms with E-state index in [0.29, 0.717) is 16.2 Å². The number of carbonyl (C=O) groups excluding carboxylic acids is 2. The molecular weight excluding hydrogens is 312 g/mol. The molecule has 0 saturated carbocycles. The molecule has 7 heteroatoms. The third-order valence-electron chi connectivity index (χ3n) is 3.37. The van der Waals surface area contributed by atoms with Crippen LogP contribution in [0.3, 0.4) is 0 Å². The highest BCUT2D eigenvalue weighted by atomic mass is 32.2. The first-order valence-corrected chi connectivity index (χ1v) is 7.67. The van der Waals surface area contributed by atoms with E-state index >= 15 is 0 Å². The number of imide groups is 1. The first-order valence-electron chi connectivity index (χ1n) is 6.85. The lowest BCUT2D eigenvalue weighted by Gasteiger charge is -2.03. The lowest BCUT2D eigenvalue weighted by molar-refractivity contribution is -0.115. The van der Waals surface area contributed by atoms with Crippen molar-refractivity contribution in [1.29, 1.82) is 0 Å². The molecule has 2 amide bonds. The van der Waals surface area contributed by atoms with Crippen LogP contribution in [0.25, 0.3) is 22.9 Å². The number of imidazole rings is 1. The molecule has 23 heavy (non-hydrogen) atoms. The molecule has 6 nitrogen and oxygen atoms in total. The Labute approximate surface area is 135 Å². The SMILES string of the molecule is O=C1NC(=O)/C(=C\c2ccc3ncn(-c4ccccc4)c3n2)S1. The van der Waals surface area contributed by atoms with E-state index in [-0.39, 0.29) is 5.24 Å². The summed E-state index contributed by atoms with van der Waals surface area (Å²) in [5.41, 5.74) is 3.01. The molecule has 0 radical (unpaired) electrons. The molecule has 1 aromatic carbocycles. The Morgan fingerprint density at radius 3 is 2.65 bits per heavy atom. The van der Waals surface area contributed by atoms with Gasteiger partial charge in [0.1, 0.15) is 11.8 Å². The monoisotopic (exact) mass is 322 g/mol. The van der Waals surface area contributed by atoms with Gasteiger partial charge in [-0.3, -0.25) is 19.5 Å². The maximum atomic E-state index is 11.6. The van der Waals surface area contributed by atoms with Crippen LogP contribution >= 0.6 is 11.8 Å². The molecule has 4 rings (SSSR count). The molecule has 1 saturated heterocycles. The number of aromatic nitrogens is 3. The summed E-state index contributed by atoms with van der Waals surface area (Å²) in [4.78, 5) is 32.1. The van der Waals surface area contributed by atoms with Crippen LogP contribution in [0, 0.1) is 0 Å². The number of pyridine rings is 1. The number of fused-ring (bicyclic) bond motifs is 1. The van der Waals surface area contributed by atoms with Gasteiger partial charge in [-0.05, 0) is 42.1 Å². The standard InChI is InChI=1S/C16H10N4O2S/c21-15-13(23-16(22)19-15)8-10-6-7-12-14(18-10)20(9-17-12)11-4-2-1-3-5-11/h1-9H,(H,19,21,22)/b13-8+. The summed E-state index contributed by atoms with van der Waals surface area (Å²) in [7, 11) is 0. The maximum absolute atomic E-state index is 11.6. The summed E-state index contributed by atoms with van der Waals surface area (Å²) >= 11 is 0.876. The number of para-hydroxylation sites is 1. The summed E-state index contributed by atoms with van der Waals surface area (Å²) in [6, 6.07) is 13.4. The molecule has 3 aromatic rings. The van der Waals surface area contributed by atoms with E-state index in [2.05, 4.69) is 15.3 Å². The normalized spacial score (nSPS) is 16.3. The number of nitrogens with zero attached hydrogens (tertiary/aromatic N) is 3. The van der Waals surface area contributed by atoms with Gasteiger partial charge in [0.15, 0.2) is 5.65 Å². The number of carbonyl (C=O) groups is 2. The minimum absolute atomic E-state index is 0.340. The number of hydrogen-bond acceptors (Lipinski definition) is 5. The zero-order valence-corrected chi connectivity index (χ0v) is 12.6. The maximum Gasteiger partial charge on any atom is 0.290 e. The van der Waals surface area contributed by atoms with Gasteiger partial charge in [-0.2, -0.15) is 0 Å². The van der Waals surface area contributed by atoms with Gasteiger partial charge in [0.2, 0.25) is 0 Å². The number of thioether (sulfide) groups is 1. The smallest absolute Gasteiger partial charge is 0.283 e. The molecular formula is C16H10N4O2S. The Hall–Kier alpha value is -2.93. The zero-order valence-electron chi connectivity index (χ0n) is 11.8. The Bertz CT molecular complexity index is 963. The van der Waals surface area contributed by atoms with Crippen molar-refractivity contribution in [2.45, 2.75) is 0 Å². The molecule has 2 aromatic heterocycles. The summed E-state index contributed by atoms with van der Waals surface area (Å²) in [6.45, 7) is 0. The van der Waals surface area contributed by atoms with Crippen molar-refractivity contribution in [1.82, 2.24) is 19.9 Å². The predicted octanol–water partition coefficient (Wildman–Crippen LogP) is 2.74. The summed E-state index contributed by atoms with van der Waals surface area (Å²) in [6.07, 6.45) is 3.32. The average Bonchev–Trinajstić information content (AvgIpc) is 3.11. The van der Waals surface area contributed by atoms with E-state index in [1.807, 2.05) is 41.0 Å². The molecule has 1 fully saturated rings. The second kappa shape index (κ2) is 5.36.